The second-order valence-electron chi connectivity index (χ2n) is 4.47. The molecule has 0 aliphatic carbocycles. The molecule has 0 unspecified atom stereocenters. The summed E-state index contributed by atoms with van der Waals surface area (Å²) in [6.45, 7) is 4.66. The molecule has 1 aromatic rings. The lowest BCUT2D eigenvalue weighted by Crippen LogP contribution is -2.33. The number of H-pyrrole nitrogens is 1. The van der Waals surface area contributed by atoms with Crippen molar-refractivity contribution in [2.45, 2.75) is 26.2 Å². The van der Waals surface area contributed by atoms with Crippen molar-refractivity contribution < 1.29 is 9.53 Å². The number of anilines is 1. The van der Waals surface area contributed by atoms with E-state index < -0.39 is 0 Å². The van der Waals surface area contributed by atoms with Crippen LogP contribution in [0, 0.1) is 0 Å². The molecular weight excluding hydrogens is 232 g/mol. The smallest absolute Gasteiger partial charge is 0.276 e. The van der Waals surface area contributed by atoms with E-state index in [0.717, 1.165) is 25.0 Å². The molecule has 18 heavy (non-hydrogen) atoms. The predicted molar refractivity (Wildman–Crippen MR) is 68.3 cm³/mol. The van der Waals surface area contributed by atoms with Crippen LogP contribution in [0.15, 0.2) is 0 Å². The summed E-state index contributed by atoms with van der Waals surface area (Å²) in [6, 6.07) is 0. The van der Waals surface area contributed by atoms with Crippen LogP contribution in [0.5, 0.6) is 0 Å². The standard InChI is InChI=1S/C12H20N4O2/c1-2-4-9-10(13)11(15-14-9)12(17)16-5-3-7-18-8-6-16/h2-8,13H2,1H3,(H,14,15). The third kappa shape index (κ3) is 2.64. The van der Waals surface area contributed by atoms with Crippen molar-refractivity contribution in [3.8, 4) is 0 Å². The first kappa shape index (κ1) is 12.9. The molecule has 2 rings (SSSR count). The van der Waals surface area contributed by atoms with Gasteiger partial charge in [0.05, 0.1) is 18.0 Å². The molecule has 1 aliphatic heterocycles. The molecule has 1 aliphatic rings. The zero-order valence-corrected chi connectivity index (χ0v) is 10.7. The Morgan fingerprint density at radius 3 is 3.11 bits per heavy atom. The van der Waals surface area contributed by atoms with E-state index >= 15 is 0 Å². The minimum atomic E-state index is -0.100. The Morgan fingerprint density at radius 2 is 2.33 bits per heavy atom. The molecule has 0 saturated carbocycles. The Hall–Kier alpha value is -1.56. The van der Waals surface area contributed by atoms with Crippen molar-refractivity contribution >= 4 is 11.6 Å². The van der Waals surface area contributed by atoms with Crippen LogP contribution in [0.25, 0.3) is 0 Å². The van der Waals surface area contributed by atoms with E-state index in [2.05, 4.69) is 17.1 Å². The fraction of sp³-hybridized carbons (Fsp3) is 0.667. The fourth-order valence-electron chi connectivity index (χ4n) is 2.09. The van der Waals surface area contributed by atoms with Gasteiger partial charge in [-0.1, -0.05) is 13.3 Å². The first-order chi connectivity index (χ1) is 8.74. The molecule has 0 atom stereocenters. The van der Waals surface area contributed by atoms with Crippen molar-refractivity contribution in [2.75, 3.05) is 32.0 Å². The number of carbonyl (C=O) groups is 1. The van der Waals surface area contributed by atoms with Gasteiger partial charge in [0.2, 0.25) is 0 Å². The molecule has 1 saturated heterocycles. The normalized spacial score (nSPS) is 16.6. The van der Waals surface area contributed by atoms with Crippen molar-refractivity contribution in [3.63, 3.8) is 0 Å². The molecule has 3 N–H and O–H groups in total. The lowest BCUT2D eigenvalue weighted by Gasteiger charge is -2.18. The van der Waals surface area contributed by atoms with Crippen LogP contribution >= 0.6 is 0 Å². The number of hydrogen-bond acceptors (Lipinski definition) is 4. The summed E-state index contributed by atoms with van der Waals surface area (Å²) < 4.78 is 5.33. The van der Waals surface area contributed by atoms with E-state index in [0.29, 0.717) is 37.7 Å². The van der Waals surface area contributed by atoms with Crippen LogP contribution in [-0.2, 0) is 11.2 Å². The van der Waals surface area contributed by atoms with Crippen LogP contribution in [-0.4, -0.2) is 47.3 Å². The van der Waals surface area contributed by atoms with Gasteiger partial charge in [0.1, 0.15) is 0 Å². The molecule has 0 aromatic carbocycles. The summed E-state index contributed by atoms with van der Waals surface area (Å²) >= 11 is 0. The number of hydrogen-bond donors (Lipinski definition) is 2. The van der Waals surface area contributed by atoms with Gasteiger partial charge in [-0.15, -0.1) is 0 Å². The number of nitrogens with zero attached hydrogens (tertiary/aromatic N) is 2. The molecule has 1 amide bonds. The van der Waals surface area contributed by atoms with Gasteiger partial charge in [-0.05, 0) is 12.8 Å². The zero-order valence-electron chi connectivity index (χ0n) is 10.7. The number of amides is 1. The summed E-state index contributed by atoms with van der Waals surface area (Å²) in [6.07, 6.45) is 2.64. The summed E-state index contributed by atoms with van der Waals surface area (Å²) in [5.74, 6) is -0.100. The molecule has 2 heterocycles. The molecule has 1 fully saturated rings. The Labute approximate surface area is 106 Å². The molecule has 6 nitrogen and oxygen atoms in total. The van der Waals surface area contributed by atoms with Gasteiger partial charge in [0.15, 0.2) is 5.69 Å². The SMILES string of the molecule is CCCc1[nH]nc(C(=O)N2CCCOCC2)c1N. The topological polar surface area (TPSA) is 84.2 Å². The lowest BCUT2D eigenvalue weighted by atomic mass is 10.2. The maximum Gasteiger partial charge on any atom is 0.276 e. The number of ether oxygens (including phenoxy) is 1. The van der Waals surface area contributed by atoms with Gasteiger partial charge < -0.3 is 15.4 Å². The Balaban J connectivity index is 2.12. The molecule has 1 aromatic heterocycles. The second-order valence-corrected chi connectivity index (χ2v) is 4.47. The van der Waals surface area contributed by atoms with E-state index in [9.17, 15) is 4.79 Å². The summed E-state index contributed by atoms with van der Waals surface area (Å²) in [5, 5.41) is 6.91. The highest BCUT2D eigenvalue weighted by Crippen LogP contribution is 2.18. The molecule has 100 valence electrons. The fourth-order valence-corrected chi connectivity index (χ4v) is 2.09. The lowest BCUT2D eigenvalue weighted by molar-refractivity contribution is 0.0736. The number of nitrogens with one attached hydrogen (secondary N) is 1. The van der Waals surface area contributed by atoms with E-state index in [1.807, 2.05) is 0 Å². The monoisotopic (exact) mass is 252 g/mol. The Kier molecular flexibility index (Phi) is 4.19. The van der Waals surface area contributed by atoms with Crippen LogP contribution in [0.4, 0.5) is 5.69 Å². The van der Waals surface area contributed by atoms with Crippen LogP contribution in [0.3, 0.4) is 0 Å². The van der Waals surface area contributed by atoms with Gasteiger partial charge in [-0.3, -0.25) is 9.89 Å². The first-order valence-corrected chi connectivity index (χ1v) is 6.43. The maximum absolute atomic E-state index is 12.3. The number of aromatic amines is 1. The van der Waals surface area contributed by atoms with Crippen molar-refractivity contribution in [2.24, 2.45) is 0 Å². The van der Waals surface area contributed by atoms with Gasteiger partial charge >= 0.3 is 0 Å². The molecule has 0 spiro atoms. The van der Waals surface area contributed by atoms with Gasteiger partial charge in [-0.25, -0.2) is 0 Å². The minimum Gasteiger partial charge on any atom is -0.395 e. The number of aromatic nitrogens is 2. The van der Waals surface area contributed by atoms with E-state index in [1.165, 1.54) is 0 Å². The molecule has 6 heteroatoms. The van der Waals surface area contributed by atoms with Crippen LogP contribution < -0.4 is 5.73 Å². The van der Waals surface area contributed by atoms with Crippen molar-refractivity contribution in [3.05, 3.63) is 11.4 Å². The van der Waals surface area contributed by atoms with Gasteiger partial charge in [-0.2, -0.15) is 5.10 Å². The van der Waals surface area contributed by atoms with Crippen LogP contribution in [0.1, 0.15) is 35.9 Å². The average molecular weight is 252 g/mol. The van der Waals surface area contributed by atoms with Crippen molar-refractivity contribution in [1.82, 2.24) is 15.1 Å². The molecule has 0 bridgehead atoms. The summed E-state index contributed by atoms with van der Waals surface area (Å²) in [7, 11) is 0. The van der Waals surface area contributed by atoms with E-state index in [-0.39, 0.29) is 5.91 Å². The van der Waals surface area contributed by atoms with Crippen LogP contribution in [0.2, 0.25) is 0 Å². The predicted octanol–water partition coefficient (Wildman–Crippen LogP) is 0.807. The maximum atomic E-state index is 12.3. The minimum absolute atomic E-state index is 0.100. The summed E-state index contributed by atoms with van der Waals surface area (Å²) in [4.78, 5) is 14.1. The number of nitrogen functional groups attached to an aromatic ring is 1. The third-order valence-electron chi connectivity index (χ3n) is 3.09. The summed E-state index contributed by atoms with van der Waals surface area (Å²) in [5.41, 5.74) is 7.66. The molecular formula is C12H20N4O2. The number of aryl methyl sites for hydroxylation is 1. The third-order valence-corrected chi connectivity index (χ3v) is 3.09. The first-order valence-electron chi connectivity index (χ1n) is 6.43. The Bertz CT molecular complexity index is 408. The van der Waals surface area contributed by atoms with E-state index in [1.54, 1.807) is 4.90 Å². The number of carbonyl (C=O) groups excluding carboxylic acids is 1. The highest BCUT2D eigenvalue weighted by molar-refractivity contribution is 5.97. The number of nitrogens with two attached hydrogens (primary N) is 1. The van der Waals surface area contributed by atoms with Crippen molar-refractivity contribution in [1.29, 1.82) is 0 Å². The largest absolute Gasteiger partial charge is 0.395 e. The molecule has 0 radical (unpaired) electrons. The number of rotatable bonds is 3. The average Bonchev–Trinajstić information content (AvgIpc) is 2.59. The van der Waals surface area contributed by atoms with Gasteiger partial charge in [0.25, 0.3) is 5.91 Å². The van der Waals surface area contributed by atoms with E-state index in [4.69, 9.17) is 10.5 Å². The zero-order chi connectivity index (χ0) is 13.0. The highest BCUT2D eigenvalue weighted by atomic mass is 16.5. The highest BCUT2D eigenvalue weighted by Gasteiger charge is 2.23. The Morgan fingerprint density at radius 1 is 1.50 bits per heavy atom. The van der Waals surface area contributed by atoms with Gasteiger partial charge in [0, 0.05) is 19.7 Å². The quantitative estimate of drug-likeness (QED) is 0.833. The second kappa shape index (κ2) is 5.86.